The fraction of sp³-hybridized carbons (Fsp3) is 0.515. The van der Waals surface area contributed by atoms with Crippen LogP contribution in [0.4, 0.5) is 11.4 Å². The average molecular weight is 655 g/mol. The first-order chi connectivity index (χ1) is 21.6. The van der Waals surface area contributed by atoms with Gasteiger partial charge in [-0.05, 0) is 48.2 Å². The fourth-order valence-electron chi connectivity index (χ4n) is 6.52. The number of likely N-dealkylation sites (tertiary alicyclic amines) is 1. The molecule has 2 saturated heterocycles. The van der Waals surface area contributed by atoms with Gasteiger partial charge in [-0.15, -0.1) is 0 Å². The normalized spacial score (nSPS) is 19.9. The van der Waals surface area contributed by atoms with Crippen LogP contribution in [0, 0.1) is 0 Å². The van der Waals surface area contributed by atoms with Crippen LogP contribution in [0.2, 0.25) is 0 Å². The number of methoxy groups -OCH3 is 1. The number of aromatic nitrogens is 1. The van der Waals surface area contributed by atoms with Gasteiger partial charge < -0.3 is 24.6 Å². The Balaban J connectivity index is 1.35. The summed E-state index contributed by atoms with van der Waals surface area (Å²) in [5.74, 6) is -0.0455. The molecular weight excluding hydrogens is 608 g/mol. The second-order valence-electron chi connectivity index (χ2n) is 13.6. The van der Waals surface area contributed by atoms with Crippen molar-refractivity contribution in [3.63, 3.8) is 0 Å². The van der Waals surface area contributed by atoms with Gasteiger partial charge in [-0.2, -0.15) is 0 Å². The topological polar surface area (TPSA) is 136 Å². The molecular formula is C33H46N6O6S. The Hall–Kier alpha value is -3.65. The van der Waals surface area contributed by atoms with Gasteiger partial charge >= 0.3 is 0 Å². The highest BCUT2D eigenvalue weighted by molar-refractivity contribution is 7.92. The van der Waals surface area contributed by atoms with Crippen LogP contribution in [0.15, 0.2) is 36.4 Å². The summed E-state index contributed by atoms with van der Waals surface area (Å²) in [6.45, 7) is 9.92. The lowest BCUT2D eigenvalue weighted by atomic mass is 9.86. The van der Waals surface area contributed by atoms with E-state index in [4.69, 9.17) is 4.74 Å². The lowest BCUT2D eigenvalue weighted by molar-refractivity contribution is -0.137. The van der Waals surface area contributed by atoms with Crippen LogP contribution >= 0.6 is 0 Å². The first-order valence-electron chi connectivity index (χ1n) is 15.5. The number of aryl methyl sites for hydroxylation is 1. The summed E-state index contributed by atoms with van der Waals surface area (Å²) in [4.78, 5) is 33.0. The molecule has 3 aromatic rings. The van der Waals surface area contributed by atoms with Crippen LogP contribution < -0.4 is 14.8 Å². The van der Waals surface area contributed by atoms with Gasteiger partial charge in [-0.25, -0.2) is 8.42 Å². The molecule has 3 N–H and O–H groups in total. The number of aliphatic hydroxyl groups is 1. The van der Waals surface area contributed by atoms with Gasteiger partial charge in [-0.1, -0.05) is 39.0 Å². The van der Waals surface area contributed by atoms with E-state index in [1.807, 2.05) is 73.5 Å². The molecule has 0 aliphatic carbocycles. The highest BCUT2D eigenvalue weighted by Crippen LogP contribution is 2.39. The Labute approximate surface area is 271 Å². The zero-order valence-electron chi connectivity index (χ0n) is 27.8. The maximum absolute atomic E-state index is 13.8. The summed E-state index contributed by atoms with van der Waals surface area (Å²) in [6, 6.07) is 11.2. The molecule has 2 fully saturated rings. The Kier molecular flexibility index (Phi) is 9.42. The SMILES string of the molecule is COc1c(NC(=O)c2cc3cccc(CN4CCN(C(=O)[C@@H]5C[C@H](O)CN5C)CC4)c3n2C)cc(C(C)(C)C)cc1NS(C)(=O)=O. The van der Waals surface area contributed by atoms with E-state index in [0.717, 1.165) is 41.4 Å². The van der Waals surface area contributed by atoms with Crippen molar-refractivity contribution >= 4 is 44.1 Å². The minimum absolute atomic E-state index is 0.0859. The lowest BCUT2D eigenvalue weighted by Gasteiger charge is -2.37. The number of carbonyl (C=O) groups is 2. The van der Waals surface area contributed by atoms with Gasteiger partial charge in [-0.3, -0.25) is 24.1 Å². The second-order valence-corrected chi connectivity index (χ2v) is 15.3. The molecule has 2 aliphatic rings. The molecule has 2 atom stereocenters. The van der Waals surface area contributed by atoms with Crippen LogP contribution in [0.1, 0.15) is 48.8 Å². The number of anilines is 2. The summed E-state index contributed by atoms with van der Waals surface area (Å²) >= 11 is 0. The number of benzene rings is 2. The number of nitrogens with zero attached hydrogens (tertiary/aromatic N) is 4. The molecule has 250 valence electrons. The number of hydrogen-bond acceptors (Lipinski definition) is 8. The number of piperazine rings is 1. The molecule has 1 aromatic heterocycles. The smallest absolute Gasteiger partial charge is 0.272 e. The lowest BCUT2D eigenvalue weighted by Crippen LogP contribution is -2.52. The predicted octanol–water partition coefficient (Wildman–Crippen LogP) is 2.82. The van der Waals surface area contributed by atoms with Gasteiger partial charge in [0.15, 0.2) is 5.75 Å². The van der Waals surface area contributed by atoms with E-state index < -0.39 is 16.1 Å². The molecule has 12 nitrogen and oxygen atoms in total. The number of carbonyl (C=O) groups excluding carboxylic acids is 2. The van der Waals surface area contributed by atoms with Crippen molar-refractivity contribution < 1.29 is 27.9 Å². The third-order valence-electron chi connectivity index (χ3n) is 8.96. The standard InChI is InChI=1S/C33H46N6O6S/c1-33(2,3)23-16-25(30(45-6)26(17-23)35-46(7,43)44)34-31(41)27-15-21-9-8-10-22(29(21)37(27)5)19-38-11-13-39(14-12-38)32(42)28-18-24(40)20-36(28)4/h8-10,15-17,24,28,35,40H,11-14,18-20H2,1-7H3,(H,34,41)/t24-,28-/m0/s1. The number of β-amino-alcohol motifs (C(OH)–C–C–N with tert-alkyl or cyclic N) is 1. The largest absolute Gasteiger partial charge is 0.492 e. The molecule has 0 spiro atoms. The maximum Gasteiger partial charge on any atom is 0.272 e. The summed E-state index contributed by atoms with van der Waals surface area (Å²) in [7, 11) is 1.58. The Morgan fingerprint density at radius 3 is 2.30 bits per heavy atom. The quantitative estimate of drug-likeness (QED) is 0.338. The molecule has 0 radical (unpaired) electrons. The molecule has 2 aliphatic heterocycles. The summed E-state index contributed by atoms with van der Waals surface area (Å²) < 4.78 is 34.3. The molecule has 5 rings (SSSR count). The Morgan fingerprint density at radius 2 is 1.72 bits per heavy atom. The van der Waals surface area contributed by atoms with Gasteiger partial charge in [0.25, 0.3) is 5.91 Å². The maximum atomic E-state index is 13.8. The minimum atomic E-state index is -3.61. The molecule has 46 heavy (non-hydrogen) atoms. The van der Waals surface area contributed by atoms with E-state index in [9.17, 15) is 23.1 Å². The molecule has 2 amide bonds. The van der Waals surface area contributed by atoms with E-state index in [-0.39, 0.29) is 34.7 Å². The Morgan fingerprint density at radius 1 is 1.04 bits per heavy atom. The number of nitrogens with one attached hydrogen (secondary N) is 2. The number of aliphatic hydroxyl groups excluding tert-OH is 1. The fourth-order valence-corrected chi connectivity index (χ4v) is 7.07. The van der Waals surface area contributed by atoms with Crippen molar-refractivity contribution in [1.29, 1.82) is 0 Å². The number of para-hydroxylation sites is 1. The third-order valence-corrected chi connectivity index (χ3v) is 9.55. The van der Waals surface area contributed by atoms with E-state index in [1.54, 1.807) is 6.07 Å². The van der Waals surface area contributed by atoms with Crippen LogP contribution in [-0.4, -0.2) is 110 Å². The first kappa shape index (κ1) is 33.7. The number of fused-ring (bicyclic) bond motifs is 1. The predicted molar refractivity (Wildman–Crippen MR) is 180 cm³/mol. The second kappa shape index (κ2) is 12.9. The highest BCUT2D eigenvalue weighted by atomic mass is 32.2. The van der Waals surface area contributed by atoms with Gasteiger partial charge in [0.2, 0.25) is 15.9 Å². The number of rotatable bonds is 8. The van der Waals surface area contributed by atoms with E-state index in [0.29, 0.717) is 44.0 Å². The molecule has 0 unspecified atom stereocenters. The van der Waals surface area contributed by atoms with Crippen molar-refractivity contribution in [3.05, 3.63) is 53.2 Å². The molecule has 2 aromatic carbocycles. The molecule has 0 bridgehead atoms. The number of ether oxygens (including phenoxy) is 1. The van der Waals surface area contributed by atoms with Crippen LogP contribution in [0.25, 0.3) is 10.9 Å². The number of likely N-dealkylation sites (N-methyl/N-ethyl adjacent to an activating group) is 1. The van der Waals surface area contributed by atoms with Gasteiger partial charge in [0.05, 0.1) is 42.4 Å². The minimum Gasteiger partial charge on any atom is -0.492 e. The van der Waals surface area contributed by atoms with Crippen molar-refractivity contribution in [2.75, 3.05) is 63.2 Å². The first-order valence-corrected chi connectivity index (χ1v) is 17.4. The average Bonchev–Trinajstić information content (AvgIpc) is 3.49. The molecule has 0 saturated carbocycles. The van der Waals surface area contributed by atoms with Gasteiger partial charge in [0, 0.05) is 51.7 Å². The zero-order valence-corrected chi connectivity index (χ0v) is 28.6. The molecule has 13 heteroatoms. The van der Waals surface area contributed by atoms with Crippen molar-refractivity contribution in [1.82, 2.24) is 19.3 Å². The van der Waals surface area contributed by atoms with E-state index in [1.165, 1.54) is 7.11 Å². The monoisotopic (exact) mass is 654 g/mol. The number of sulfonamides is 1. The highest BCUT2D eigenvalue weighted by Gasteiger charge is 2.37. The van der Waals surface area contributed by atoms with Crippen molar-refractivity contribution in [2.45, 2.75) is 51.3 Å². The summed E-state index contributed by atoms with van der Waals surface area (Å²) in [5.41, 5.74) is 3.57. The van der Waals surface area contributed by atoms with Gasteiger partial charge in [0.1, 0.15) is 5.69 Å². The van der Waals surface area contributed by atoms with E-state index in [2.05, 4.69) is 21.0 Å². The van der Waals surface area contributed by atoms with Crippen LogP contribution in [-0.2, 0) is 33.8 Å². The zero-order chi connectivity index (χ0) is 33.6. The van der Waals surface area contributed by atoms with Crippen LogP contribution in [0.3, 0.4) is 0 Å². The summed E-state index contributed by atoms with van der Waals surface area (Å²) in [5, 5.41) is 13.9. The molecule has 3 heterocycles. The van der Waals surface area contributed by atoms with Crippen LogP contribution in [0.5, 0.6) is 5.75 Å². The van der Waals surface area contributed by atoms with Crippen molar-refractivity contribution in [3.8, 4) is 5.75 Å². The van der Waals surface area contributed by atoms with E-state index >= 15 is 0 Å². The van der Waals surface area contributed by atoms with Crippen molar-refractivity contribution in [2.24, 2.45) is 7.05 Å². The Bertz CT molecular complexity index is 1740. The summed E-state index contributed by atoms with van der Waals surface area (Å²) in [6.07, 6.45) is 1.10. The number of hydrogen-bond donors (Lipinski definition) is 3. The third kappa shape index (κ3) is 7.17. The number of amides is 2.